The number of amides is 2. The van der Waals surface area contributed by atoms with Gasteiger partial charge in [0.05, 0.1) is 6.04 Å². The first kappa shape index (κ1) is 17.5. The van der Waals surface area contributed by atoms with E-state index < -0.39 is 5.41 Å². The van der Waals surface area contributed by atoms with Gasteiger partial charge in [0.1, 0.15) is 5.41 Å². The largest absolute Gasteiger partial charge is 0.349 e. The summed E-state index contributed by atoms with van der Waals surface area (Å²) >= 11 is 6.10. The van der Waals surface area contributed by atoms with Gasteiger partial charge in [-0.25, -0.2) is 0 Å². The molecule has 1 fully saturated rings. The smallest absolute Gasteiger partial charge is 0.240 e. The lowest BCUT2D eigenvalue weighted by Crippen LogP contribution is -2.41. The van der Waals surface area contributed by atoms with Crippen LogP contribution < -0.4 is 10.6 Å². The number of benzene rings is 2. The molecular formula is C20H21ClN2O2. The molecule has 3 rings (SSSR count). The third kappa shape index (κ3) is 3.69. The Bertz CT molecular complexity index is 801. The fraction of sp³-hybridized carbons (Fsp3) is 0.300. The number of hydrogen-bond acceptors (Lipinski definition) is 2. The maximum Gasteiger partial charge on any atom is 0.240 e. The first-order chi connectivity index (χ1) is 11.9. The van der Waals surface area contributed by atoms with Crippen LogP contribution in [-0.4, -0.2) is 11.8 Å². The topological polar surface area (TPSA) is 58.2 Å². The molecule has 130 valence electrons. The zero-order valence-corrected chi connectivity index (χ0v) is 15.1. The van der Waals surface area contributed by atoms with Crippen molar-refractivity contribution in [1.82, 2.24) is 5.32 Å². The molecule has 0 radical (unpaired) electrons. The van der Waals surface area contributed by atoms with Crippen molar-refractivity contribution in [2.45, 2.75) is 32.7 Å². The predicted molar refractivity (Wildman–Crippen MR) is 99.5 cm³/mol. The summed E-state index contributed by atoms with van der Waals surface area (Å²) in [6.07, 6.45) is 1.12. The molecular weight excluding hydrogens is 336 g/mol. The molecule has 1 saturated carbocycles. The molecule has 2 aromatic rings. The van der Waals surface area contributed by atoms with Crippen LogP contribution in [0.1, 0.15) is 36.9 Å². The molecule has 1 aliphatic carbocycles. The fourth-order valence-corrected chi connectivity index (χ4v) is 2.94. The molecule has 2 amide bonds. The minimum Gasteiger partial charge on any atom is -0.349 e. The highest BCUT2D eigenvalue weighted by Gasteiger charge is 2.56. The van der Waals surface area contributed by atoms with Gasteiger partial charge in [-0.3, -0.25) is 9.59 Å². The van der Waals surface area contributed by atoms with Crippen molar-refractivity contribution in [3.63, 3.8) is 0 Å². The average Bonchev–Trinajstić information content (AvgIpc) is 3.41. The van der Waals surface area contributed by atoms with Gasteiger partial charge in [0.25, 0.3) is 0 Å². The summed E-state index contributed by atoms with van der Waals surface area (Å²) in [5, 5.41) is 6.37. The third-order valence-electron chi connectivity index (χ3n) is 4.70. The zero-order chi connectivity index (χ0) is 18.0. The maximum absolute atomic E-state index is 12.7. The first-order valence-electron chi connectivity index (χ1n) is 8.36. The fourth-order valence-electron chi connectivity index (χ4n) is 2.76. The van der Waals surface area contributed by atoms with Crippen LogP contribution in [0.25, 0.3) is 0 Å². The van der Waals surface area contributed by atoms with Crippen molar-refractivity contribution in [3.05, 3.63) is 64.7 Å². The number of aryl methyl sites for hydroxylation is 1. The monoisotopic (exact) mass is 356 g/mol. The predicted octanol–water partition coefficient (Wildman–Crippen LogP) is 4.24. The molecule has 0 heterocycles. The van der Waals surface area contributed by atoms with Crippen molar-refractivity contribution < 1.29 is 9.59 Å². The summed E-state index contributed by atoms with van der Waals surface area (Å²) in [7, 11) is 0. The molecule has 25 heavy (non-hydrogen) atoms. The molecule has 5 heteroatoms. The molecule has 1 atom stereocenters. The summed E-state index contributed by atoms with van der Waals surface area (Å²) in [5.74, 6) is -0.496. The van der Waals surface area contributed by atoms with Crippen molar-refractivity contribution in [2.75, 3.05) is 5.32 Å². The normalized spacial score (nSPS) is 16.0. The van der Waals surface area contributed by atoms with Gasteiger partial charge in [-0.1, -0.05) is 48.0 Å². The van der Waals surface area contributed by atoms with Gasteiger partial charge < -0.3 is 10.6 Å². The number of carbonyl (C=O) groups excluding carboxylic acids is 2. The second-order valence-electron chi connectivity index (χ2n) is 6.61. The molecule has 0 spiro atoms. The SMILES string of the molecule is Cc1ccc(NC(=O)C2(C(=O)NC(C)c3ccccc3)CC2)cc1Cl. The molecule has 2 aromatic carbocycles. The average molecular weight is 357 g/mol. The highest BCUT2D eigenvalue weighted by Crippen LogP contribution is 2.47. The first-order valence-corrected chi connectivity index (χ1v) is 8.74. The van der Waals surface area contributed by atoms with Gasteiger partial charge >= 0.3 is 0 Å². The van der Waals surface area contributed by atoms with E-state index in [1.807, 2.05) is 50.2 Å². The van der Waals surface area contributed by atoms with E-state index in [2.05, 4.69) is 10.6 Å². The number of nitrogens with one attached hydrogen (secondary N) is 2. The van der Waals surface area contributed by atoms with E-state index in [0.29, 0.717) is 23.6 Å². The van der Waals surface area contributed by atoms with Crippen LogP contribution in [0.2, 0.25) is 5.02 Å². The molecule has 0 aromatic heterocycles. The molecule has 2 N–H and O–H groups in total. The molecule has 0 aliphatic heterocycles. The highest BCUT2D eigenvalue weighted by atomic mass is 35.5. The molecule has 1 aliphatic rings. The van der Waals surface area contributed by atoms with Gasteiger partial charge in [0.2, 0.25) is 11.8 Å². The summed E-state index contributed by atoms with van der Waals surface area (Å²) in [5.41, 5.74) is 1.59. The Balaban J connectivity index is 1.67. The van der Waals surface area contributed by atoms with Crippen LogP contribution in [0, 0.1) is 12.3 Å². The van der Waals surface area contributed by atoms with Gasteiger partial charge in [0, 0.05) is 10.7 Å². The van der Waals surface area contributed by atoms with E-state index in [-0.39, 0.29) is 17.9 Å². The quantitative estimate of drug-likeness (QED) is 0.787. The van der Waals surface area contributed by atoms with Crippen LogP contribution in [0.15, 0.2) is 48.5 Å². The Kier molecular flexibility index (Phi) is 4.82. The number of hydrogen-bond donors (Lipinski definition) is 2. The van der Waals surface area contributed by atoms with Crippen LogP contribution in [0.5, 0.6) is 0 Å². The van der Waals surface area contributed by atoms with E-state index in [1.165, 1.54) is 0 Å². The highest BCUT2D eigenvalue weighted by molar-refractivity contribution is 6.31. The van der Waals surface area contributed by atoms with Gasteiger partial charge in [-0.2, -0.15) is 0 Å². The van der Waals surface area contributed by atoms with E-state index in [0.717, 1.165) is 11.1 Å². The van der Waals surface area contributed by atoms with Crippen molar-refractivity contribution >= 4 is 29.1 Å². The summed E-state index contributed by atoms with van der Waals surface area (Å²) < 4.78 is 0. The Morgan fingerprint density at radius 1 is 1.08 bits per heavy atom. The maximum atomic E-state index is 12.7. The molecule has 0 bridgehead atoms. The van der Waals surface area contributed by atoms with E-state index in [9.17, 15) is 9.59 Å². The van der Waals surface area contributed by atoms with Crippen LogP contribution >= 0.6 is 11.6 Å². The number of anilines is 1. The number of halogens is 1. The molecule has 4 nitrogen and oxygen atoms in total. The lowest BCUT2D eigenvalue weighted by Gasteiger charge is -2.20. The lowest BCUT2D eigenvalue weighted by atomic mass is 10.0. The number of carbonyl (C=O) groups is 2. The third-order valence-corrected chi connectivity index (χ3v) is 5.10. The van der Waals surface area contributed by atoms with Crippen LogP contribution in [0.4, 0.5) is 5.69 Å². The van der Waals surface area contributed by atoms with E-state index >= 15 is 0 Å². The summed E-state index contributed by atoms with van der Waals surface area (Å²) in [6, 6.07) is 14.9. The van der Waals surface area contributed by atoms with Gasteiger partial charge in [-0.15, -0.1) is 0 Å². The second-order valence-corrected chi connectivity index (χ2v) is 7.01. The van der Waals surface area contributed by atoms with Crippen LogP contribution in [-0.2, 0) is 9.59 Å². The molecule has 1 unspecified atom stereocenters. The minimum atomic E-state index is -0.972. The van der Waals surface area contributed by atoms with Crippen LogP contribution in [0.3, 0.4) is 0 Å². The lowest BCUT2D eigenvalue weighted by molar-refractivity contribution is -0.134. The number of rotatable bonds is 5. The Morgan fingerprint density at radius 2 is 1.76 bits per heavy atom. The second kappa shape index (κ2) is 6.89. The van der Waals surface area contributed by atoms with Crippen molar-refractivity contribution in [2.24, 2.45) is 5.41 Å². The Morgan fingerprint density at radius 3 is 2.36 bits per heavy atom. The summed E-state index contributed by atoms with van der Waals surface area (Å²) in [6.45, 7) is 3.82. The molecule has 0 saturated heterocycles. The Labute approximate surface area is 152 Å². The minimum absolute atomic E-state index is 0.146. The van der Waals surface area contributed by atoms with Crippen molar-refractivity contribution in [3.8, 4) is 0 Å². The van der Waals surface area contributed by atoms with E-state index in [1.54, 1.807) is 12.1 Å². The van der Waals surface area contributed by atoms with E-state index in [4.69, 9.17) is 11.6 Å². The summed E-state index contributed by atoms with van der Waals surface area (Å²) in [4.78, 5) is 25.3. The zero-order valence-electron chi connectivity index (χ0n) is 14.3. The Hall–Kier alpha value is -2.33. The van der Waals surface area contributed by atoms with Gasteiger partial charge in [0.15, 0.2) is 0 Å². The standard InChI is InChI=1S/C20H21ClN2O2/c1-13-8-9-16(12-17(13)21)23-19(25)20(10-11-20)18(24)22-14(2)15-6-4-3-5-7-15/h3-9,12,14H,10-11H2,1-2H3,(H,22,24)(H,23,25). The van der Waals surface area contributed by atoms with Gasteiger partial charge in [-0.05, 0) is 49.9 Å². The van der Waals surface area contributed by atoms with Crippen molar-refractivity contribution in [1.29, 1.82) is 0 Å².